The third-order valence-corrected chi connectivity index (χ3v) is 2.86. The molecule has 1 fully saturated rings. The number of ether oxygens (including phenoxy) is 1. The molecule has 5 heteroatoms. The Labute approximate surface area is 82.6 Å². The summed E-state index contributed by atoms with van der Waals surface area (Å²) in [5.74, 6) is 1.26. The minimum absolute atomic E-state index is 0.0291. The Morgan fingerprint density at radius 2 is 2.36 bits per heavy atom. The largest absolute Gasteiger partial charge is 0.374 e. The zero-order valence-corrected chi connectivity index (χ0v) is 8.49. The molecule has 1 aliphatic carbocycles. The van der Waals surface area contributed by atoms with E-state index in [1.807, 2.05) is 6.92 Å². The molecule has 5 nitrogen and oxygen atoms in total. The van der Waals surface area contributed by atoms with Crippen LogP contribution in [-0.4, -0.2) is 23.8 Å². The van der Waals surface area contributed by atoms with Crippen LogP contribution in [0.25, 0.3) is 0 Å². The molecule has 1 atom stereocenters. The molecule has 1 aliphatic rings. The zero-order chi connectivity index (χ0) is 10.2. The van der Waals surface area contributed by atoms with Crippen molar-refractivity contribution in [2.45, 2.75) is 31.3 Å². The van der Waals surface area contributed by atoms with E-state index < -0.39 is 0 Å². The maximum atomic E-state index is 5.66. The molecule has 0 bridgehead atoms. The lowest BCUT2D eigenvalue weighted by atomic mass is 10.1. The van der Waals surface area contributed by atoms with Crippen molar-refractivity contribution in [2.75, 3.05) is 13.7 Å². The van der Waals surface area contributed by atoms with Crippen molar-refractivity contribution >= 4 is 0 Å². The Bertz CT molecular complexity index is 320. The molecular weight excluding hydrogens is 182 g/mol. The molecule has 0 radical (unpaired) electrons. The van der Waals surface area contributed by atoms with Crippen LogP contribution in [0.2, 0.25) is 0 Å². The summed E-state index contributed by atoms with van der Waals surface area (Å²) in [6.45, 7) is 2.46. The minimum atomic E-state index is -0.124. The van der Waals surface area contributed by atoms with Crippen molar-refractivity contribution < 1.29 is 9.26 Å². The molecule has 2 N–H and O–H groups in total. The van der Waals surface area contributed by atoms with E-state index in [9.17, 15) is 0 Å². The predicted octanol–water partition coefficient (Wildman–Crippen LogP) is 0.767. The Hall–Kier alpha value is -0.940. The molecule has 0 saturated heterocycles. The van der Waals surface area contributed by atoms with E-state index >= 15 is 0 Å². The maximum Gasteiger partial charge on any atom is 0.234 e. The second kappa shape index (κ2) is 3.33. The number of rotatable bonds is 4. The lowest BCUT2D eigenvalue weighted by Crippen LogP contribution is -2.20. The van der Waals surface area contributed by atoms with Crippen molar-refractivity contribution in [3.05, 3.63) is 11.7 Å². The van der Waals surface area contributed by atoms with Gasteiger partial charge in [-0.1, -0.05) is 5.16 Å². The van der Waals surface area contributed by atoms with Gasteiger partial charge in [-0.25, -0.2) is 0 Å². The van der Waals surface area contributed by atoms with E-state index in [1.54, 1.807) is 7.11 Å². The number of methoxy groups -OCH3 is 1. The second-order valence-electron chi connectivity index (χ2n) is 3.82. The van der Waals surface area contributed by atoms with Gasteiger partial charge in [-0.3, -0.25) is 0 Å². The van der Waals surface area contributed by atoms with Crippen LogP contribution in [-0.2, 0) is 10.2 Å². The molecular formula is C9H15N3O2. The summed E-state index contributed by atoms with van der Waals surface area (Å²) in [6.07, 6.45) is 1.97. The van der Waals surface area contributed by atoms with Gasteiger partial charge in [-0.05, 0) is 19.8 Å². The van der Waals surface area contributed by atoms with Crippen LogP contribution in [0.1, 0.15) is 37.6 Å². The van der Waals surface area contributed by atoms with Crippen molar-refractivity contribution in [2.24, 2.45) is 5.73 Å². The Kier molecular flexibility index (Phi) is 2.28. The van der Waals surface area contributed by atoms with Crippen LogP contribution >= 0.6 is 0 Å². The molecule has 1 heterocycles. The van der Waals surface area contributed by atoms with Crippen LogP contribution < -0.4 is 5.73 Å². The Morgan fingerprint density at radius 3 is 2.86 bits per heavy atom. The third-order valence-electron chi connectivity index (χ3n) is 2.86. The number of aromatic nitrogens is 2. The fourth-order valence-corrected chi connectivity index (χ4v) is 1.38. The van der Waals surface area contributed by atoms with Crippen molar-refractivity contribution in [3.63, 3.8) is 0 Å². The van der Waals surface area contributed by atoms with Crippen LogP contribution in [0.4, 0.5) is 0 Å². The van der Waals surface area contributed by atoms with Gasteiger partial charge in [0.1, 0.15) is 6.10 Å². The molecule has 1 aromatic heterocycles. The van der Waals surface area contributed by atoms with Crippen molar-refractivity contribution in [3.8, 4) is 0 Å². The van der Waals surface area contributed by atoms with Crippen LogP contribution in [0, 0.1) is 0 Å². The van der Waals surface area contributed by atoms with E-state index in [2.05, 4.69) is 10.1 Å². The molecule has 0 aliphatic heterocycles. The van der Waals surface area contributed by atoms with Gasteiger partial charge in [0.25, 0.3) is 0 Å². The van der Waals surface area contributed by atoms with Gasteiger partial charge < -0.3 is 15.0 Å². The van der Waals surface area contributed by atoms with E-state index in [0.29, 0.717) is 18.3 Å². The van der Waals surface area contributed by atoms with Gasteiger partial charge in [0, 0.05) is 13.7 Å². The predicted molar refractivity (Wildman–Crippen MR) is 49.7 cm³/mol. The number of hydrogen-bond donors (Lipinski definition) is 1. The highest BCUT2D eigenvalue weighted by atomic mass is 16.5. The summed E-state index contributed by atoms with van der Waals surface area (Å²) < 4.78 is 10.3. The average Bonchev–Trinajstić information content (AvgIpc) is 2.87. The Morgan fingerprint density at radius 1 is 1.64 bits per heavy atom. The van der Waals surface area contributed by atoms with E-state index in [4.69, 9.17) is 15.0 Å². The monoisotopic (exact) mass is 197 g/mol. The van der Waals surface area contributed by atoms with Crippen molar-refractivity contribution in [1.82, 2.24) is 10.1 Å². The van der Waals surface area contributed by atoms with Crippen LogP contribution in [0.3, 0.4) is 0 Å². The van der Waals surface area contributed by atoms with Gasteiger partial charge in [0.2, 0.25) is 5.89 Å². The SMILES string of the molecule is COC(C)c1noc(C2(CN)CC2)n1. The fourth-order valence-electron chi connectivity index (χ4n) is 1.38. The van der Waals surface area contributed by atoms with Crippen molar-refractivity contribution in [1.29, 1.82) is 0 Å². The second-order valence-corrected chi connectivity index (χ2v) is 3.82. The minimum Gasteiger partial charge on any atom is -0.374 e. The van der Waals surface area contributed by atoms with E-state index in [1.165, 1.54) is 0 Å². The summed E-state index contributed by atoms with van der Waals surface area (Å²) in [5, 5.41) is 3.87. The number of hydrogen-bond acceptors (Lipinski definition) is 5. The summed E-state index contributed by atoms with van der Waals surface area (Å²) in [6, 6.07) is 0. The van der Waals surface area contributed by atoms with Gasteiger partial charge >= 0.3 is 0 Å². The number of nitrogens with zero attached hydrogens (tertiary/aromatic N) is 2. The smallest absolute Gasteiger partial charge is 0.234 e. The fraction of sp³-hybridized carbons (Fsp3) is 0.778. The highest BCUT2D eigenvalue weighted by Crippen LogP contribution is 2.46. The van der Waals surface area contributed by atoms with E-state index in [-0.39, 0.29) is 11.5 Å². The standard InChI is InChI=1S/C9H15N3O2/c1-6(13-2)7-11-8(14-12-7)9(5-10)3-4-9/h6H,3-5,10H2,1-2H3. The van der Waals surface area contributed by atoms with Gasteiger partial charge in [-0.2, -0.15) is 4.98 Å². The first kappa shape index (κ1) is 9.61. The third kappa shape index (κ3) is 1.42. The normalized spacial score (nSPS) is 20.8. The summed E-state index contributed by atoms with van der Waals surface area (Å²) in [5.41, 5.74) is 5.63. The number of nitrogens with two attached hydrogens (primary N) is 1. The lowest BCUT2D eigenvalue weighted by molar-refractivity contribution is 0.109. The topological polar surface area (TPSA) is 74.2 Å². The first-order valence-electron chi connectivity index (χ1n) is 4.79. The summed E-state index contributed by atoms with van der Waals surface area (Å²) >= 11 is 0. The molecule has 14 heavy (non-hydrogen) atoms. The first-order valence-corrected chi connectivity index (χ1v) is 4.79. The van der Waals surface area contributed by atoms with Gasteiger partial charge in [-0.15, -0.1) is 0 Å². The van der Waals surface area contributed by atoms with Gasteiger partial charge in [0.15, 0.2) is 5.82 Å². The first-order chi connectivity index (χ1) is 6.72. The quantitative estimate of drug-likeness (QED) is 0.771. The molecule has 1 unspecified atom stereocenters. The molecule has 0 spiro atoms. The zero-order valence-electron chi connectivity index (χ0n) is 8.49. The van der Waals surface area contributed by atoms with E-state index in [0.717, 1.165) is 12.8 Å². The van der Waals surface area contributed by atoms with Crippen LogP contribution in [0.5, 0.6) is 0 Å². The molecule has 1 aromatic rings. The molecule has 1 saturated carbocycles. The lowest BCUT2D eigenvalue weighted by Gasteiger charge is -2.04. The average molecular weight is 197 g/mol. The Balaban J connectivity index is 2.18. The van der Waals surface area contributed by atoms with Crippen LogP contribution in [0.15, 0.2) is 4.52 Å². The molecule has 0 amide bonds. The summed E-state index contributed by atoms with van der Waals surface area (Å²) in [4.78, 5) is 4.30. The summed E-state index contributed by atoms with van der Waals surface area (Å²) in [7, 11) is 1.62. The molecule has 78 valence electrons. The highest BCUT2D eigenvalue weighted by Gasteiger charge is 2.48. The van der Waals surface area contributed by atoms with Gasteiger partial charge in [0.05, 0.1) is 5.41 Å². The maximum absolute atomic E-state index is 5.66. The molecule has 2 rings (SSSR count). The highest BCUT2D eigenvalue weighted by molar-refractivity contribution is 5.16. The molecule has 0 aromatic carbocycles.